The standard InChI is InChI=1S/C15H30N2O/c1-2-9-17-10-4-6-13(8-11-17)16-14-5-3-7-15(18)12-14/h13-16,18H,2-12H2,1H3. The summed E-state index contributed by atoms with van der Waals surface area (Å²) in [5.41, 5.74) is 0. The number of nitrogens with one attached hydrogen (secondary N) is 1. The van der Waals surface area contributed by atoms with Gasteiger partial charge in [-0.1, -0.05) is 6.92 Å². The molecule has 1 saturated carbocycles. The number of nitrogens with zero attached hydrogens (tertiary/aromatic N) is 1. The van der Waals surface area contributed by atoms with E-state index in [9.17, 15) is 5.11 Å². The van der Waals surface area contributed by atoms with Crippen LogP contribution < -0.4 is 5.32 Å². The van der Waals surface area contributed by atoms with Crippen molar-refractivity contribution in [1.29, 1.82) is 0 Å². The average molecular weight is 254 g/mol. The third kappa shape index (κ3) is 4.52. The molecule has 1 heterocycles. The molecule has 1 aliphatic carbocycles. The van der Waals surface area contributed by atoms with E-state index in [2.05, 4.69) is 17.1 Å². The summed E-state index contributed by atoms with van der Waals surface area (Å²) in [6, 6.07) is 1.25. The normalized spacial score (nSPS) is 35.3. The Kier molecular flexibility index (Phi) is 5.93. The van der Waals surface area contributed by atoms with E-state index in [-0.39, 0.29) is 6.10 Å². The Bertz CT molecular complexity index is 235. The smallest absolute Gasteiger partial charge is 0.0555 e. The van der Waals surface area contributed by atoms with E-state index in [1.165, 1.54) is 58.2 Å². The van der Waals surface area contributed by atoms with Crippen LogP contribution in [0.2, 0.25) is 0 Å². The molecule has 0 spiro atoms. The van der Waals surface area contributed by atoms with Gasteiger partial charge in [0.25, 0.3) is 0 Å². The highest BCUT2D eigenvalue weighted by Gasteiger charge is 2.24. The summed E-state index contributed by atoms with van der Waals surface area (Å²) < 4.78 is 0. The minimum Gasteiger partial charge on any atom is -0.393 e. The summed E-state index contributed by atoms with van der Waals surface area (Å²) in [6.07, 6.45) is 9.56. The quantitative estimate of drug-likeness (QED) is 0.807. The topological polar surface area (TPSA) is 35.5 Å². The maximum atomic E-state index is 9.73. The first-order valence-corrected chi connectivity index (χ1v) is 7.94. The minimum atomic E-state index is -0.0568. The van der Waals surface area contributed by atoms with E-state index in [0.29, 0.717) is 12.1 Å². The number of hydrogen-bond donors (Lipinski definition) is 2. The summed E-state index contributed by atoms with van der Waals surface area (Å²) in [6.45, 7) is 6.05. The van der Waals surface area contributed by atoms with Crippen molar-refractivity contribution in [3.8, 4) is 0 Å². The second-order valence-corrected chi connectivity index (χ2v) is 6.15. The maximum absolute atomic E-state index is 9.73. The SMILES string of the molecule is CCCN1CCCC(NC2CCCC(O)C2)CC1. The van der Waals surface area contributed by atoms with E-state index in [0.717, 1.165) is 12.8 Å². The number of aliphatic hydroxyl groups is 1. The zero-order valence-corrected chi connectivity index (χ0v) is 11.9. The fraction of sp³-hybridized carbons (Fsp3) is 1.00. The molecule has 1 aliphatic heterocycles. The molecule has 106 valence electrons. The predicted molar refractivity (Wildman–Crippen MR) is 75.8 cm³/mol. The van der Waals surface area contributed by atoms with Crippen LogP contribution in [0, 0.1) is 0 Å². The van der Waals surface area contributed by atoms with Crippen molar-refractivity contribution in [3.05, 3.63) is 0 Å². The van der Waals surface area contributed by atoms with E-state index in [1.807, 2.05) is 0 Å². The van der Waals surface area contributed by atoms with Gasteiger partial charge in [0.1, 0.15) is 0 Å². The van der Waals surface area contributed by atoms with Crippen molar-refractivity contribution in [3.63, 3.8) is 0 Å². The lowest BCUT2D eigenvalue weighted by atomic mass is 9.92. The molecule has 1 saturated heterocycles. The molecule has 3 nitrogen and oxygen atoms in total. The Labute approximate surface area is 112 Å². The van der Waals surface area contributed by atoms with Crippen molar-refractivity contribution in [2.24, 2.45) is 0 Å². The van der Waals surface area contributed by atoms with Gasteiger partial charge in [-0.05, 0) is 71.0 Å². The maximum Gasteiger partial charge on any atom is 0.0555 e. The Morgan fingerprint density at radius 1 is 1.06 bits per heavy atom. The molecule has 0 aromatic rings. The summed E-state index contributed by atoms with van der Waals surface area (Å²) in [5.74, 6) is 0. The van der Waals surface area contributed by atoms with Crippen LogP contribution in [0.1, 0.15) is 58.3 Å². The highest BCUT2D eigenvalue weighted by Crippen LogP contribution is 2.20. The molecule has 0 aromatic carbocycles. The van der Waals surface area contributed by atoms with Gasteiger partial charge in [-0.15, -0.1) is 0 Å². The van der Waals surface area contributed by atoms with Crippen LogP contribution in [0.3, 0.4) is 0 Å². The molecule has 18 heavy (non-hydrogen) atoms. The lowest BCUT2D eigenvalue weighted by Crippen LogP contribution is -2.42. The molecule has 0 amide bonds. The van der Waals surface area contributed by atoms with Crippen LogP contribution in [0.4, 0.5) is 0 Å². The van der Waals surface area contributed by atoms with Crippen molar-refractivity contribution >= 4 is 0 Å². The molecule has 0 bridgehead atoms. The number of likely N-dealkylation sites (tertiary alicyclic amines) is 1. The highest BCUT2D eigenvalue weighted by molar-refractivity contribution is 4.83. The molecular formula is C15H30N2O. The van der Waals surface area contributed by atoms with Crippen LogP contribution in [0.15, 0.2) is 0 Å². The van der Waals surface area contributed by atoms with E-state index < -0.39 is 0 Å². The highest BCUT2D eigenvalue weighted by atomic mass is 16.3. The van der Waals surface area contributed by atoms with Crippen molar-refractivity contribution in [2.75, 3.05) is 19.6 Å². The Hall–Kier alpha value is -0.120. The van der Waals surface area contributed by atoms with Crippen molar-refractivity contribution < 1.29 is 5.11 Å². The zero-order valence-electron chi connectivity index (χ0n) is 11.9. The molecule has 0 aromatic heterocycles. The Balaban J connectivity index is 1.72. The largest absolute Gasteiger partial charge is 0.393 e. The predicted octanol–water partition coefficient (Wildman–Crippen LogP) is 2.14. The van der Waals surface area contributed by atoms with Gasteiger partial charge in [0.15, 0.2) is 0 Å². The van der Waals surface area contributed by atoms with Gasteiger partial charge >= 0.3 is 0 Å². The average Bonchev–Trinajstić information content (AvgIpc) is 2.56. The lowest BCUT2D eigenvalue weighted by Gasteiger charge is -2.30. The molecule has 2 N–H and O–H groups in total. The molecular weight excluding hydrogens is 224 g/mol. The van der Waals surface area contributed by atoms with E-state index in [4.69, 9.17) is 0 Å². The van der Waals surface area contributed by atoms with Crippen LogP contribution in [0.5, 0.6) is 0 Å². The van der Waals surface area contributed by atoms with Crippen LogP contribution >= 0.6 is 0 Å². The Morgan fingerprint density at radius 2 is 1.89 bits per heavy atom. The second-order valence-electron chi connectivity index (χ2n) is 6.15. The number of aliphatic hydroxyl groups excluding tert-OH is 1. The van der Waals surface area contributed by atoms with Crippen LogP contribution in [0.25, 0.3) is 0 Å². The lowest BCUT2D eigenvalue weighted by molar-refractivity contribution is 0.108. The molecule has 0 radical (unpaired) electrons. The van der Waals surface area contributed by atoms with Crippen molar-refractivity contribution in [2.45, 2.75) is 76.5 Å². The van der Waals surface area contributed by atoms with Gasteiger partial charge in [0.2, 0.25) is 0 Å². The third-order valence-corrected chi connectivity index (χ3v) is 4.48. The molecule has 3 unspecified atom stereocenters. The minimum absolute atomic E-state index is 0.0568. The summed E-state index contributed by atoms with van der Waals surface area (Å²) in [7, 11) is 0. The van der Waals surface area contributed by atoms with Gasteiger partial charge in [0, 0.05) is 12.1 Å². The first-order chi connectivity index (χ1) is 8.78. The number of hydrogen-bond acceptors (Lipinski definition) is 3. The second kappa shape index (κ2) is 7.46. The van der Waals surface area contributed by atoms with Gasteiger partial charge in [0.05, 0.1) is 6.10 Å². The molecule has 2 aliphatic rings. The first kappa shape index (κ1) is 14.3. The molecule has 3 heteroatoms. The summed E-state index contributed by atoms with van der Waals surface area (Å²) >= 11 is 0. The summed E-state index contributed by atoms with van der Waals surface area (Å²) in [4.78, 5) is 2.61. The van der Waals surface area contributed by atoms with Gasteiger partial charge in [-0.25, -0.2) is 0 Å². The van der Waals surface area contributed by atoms with E-state index in [1.54, 1.807) is 0 Å². The Morgan fingerprint density at radius 3 is 2.67 bits per heavy atom. The van der Waals surface area contributed by atoms with Gasteiger partial charge < -0.3 is 15.3 Å². The van der Waals surface area contributed by atoms with Gasteiger partial charge in [-0.2, -0.15) is 0 Å². The van der Waals surface area contributed by atoms with Crippen LogP contribution in [-0.2, 0) is 0 Å². The molecule has 3 atom stereocenters. The monoisotopic (exact) mass is 254 g/mol. The van der Waals surface area contributed by atoms with E-state index >= 15 is 0 Å². The van der Waals surface area contributed by atoms with Crippen molar-refractivity contribution in [1.82, 2.24) is 10.2 Å². The fourth-order valence-corrected chi connectivity index (χ4v) is 3.51. The molecule has 2 fully saturated rings. The zero-order chi connectivity index (χ0) is 12.8. The first-order valence-electron chi connectivity index (χ1n) is 7.94. The number of rotatable bonds is 4. The summed E-state index contributed by atoms with van der Waals surface area (Å²) in [5, 5.41) is 13.5. The third-order valence-electron chi connectivity index (χ3n) is 4.48. The van der Waals surface area contributed by atoms with Gasteiger partial charge in [-0.3, -0.25) is 0 Å². The molecule has 2 rings (SSSR count). The van der Waals surface area contributed by atoms with Crippen LogP contribution in [-0.4, -0.2) is 47.8 Å². The fourth-order valence-electron chi connectivity index (χ4n) is 3.51.